The van der Waals surface area contributed by atoms with Gasteiger partial charge in [0, 0.05) is 6.92 Å². The summed E-state index contributed by atoms with van der Waals surface area (Å²) in [6, 6.07) is 4.70. The fourth-order valence-electron chi connectivity index (χ4n) is 1.30. The molecule has 0 aliphatic rings. The smallest absolute Gasteiger partial charge is 0.223 e. The van der Waals surface area contributed by atoms with Gasteiger partial charge in [-0.2, -0.15) is 4.98 Å². The van der Waals surface area contributed by atoms with E-state index < -0.39 is 6.04 Å². The summed E-state index contributed by atoms with van der Waals surface area (Å²) in [5, 5.41) is 4.70. The maximum Gasteiger partial charge on any atom is 0.223 e. The molecular formula is C10H9Cl2N3O. The number of hydrogen-bond acceptors (Lipinski definition) is 4. The molecular weight excluding hydrogens is 249 g/mol. The normalized spacial score (nSPS) is 12.8. The second-order valence-corrected chi connectivity index (χ2v) is 4.14. The van der Waals surface area contributed by atoms with Crippen LogP contribution in [-0.4, -0.2) is 10.1 Å². The molecule has 0 radical (unpaired) electrons. The van der Waals surface area contributed by atoms with Crippen LogP contribution < -0.4 is 5.73 Å². The van der Waals surface area contributed by atoms with Crippen molar-refractivity contribution in [1.82, 2.24) is 10.1 Å². The molecule has 0 bridgehead atoms. The summed E-state index contributed by atoms with van der Waals surface area (Å²) < 4.78 is 4.86. The van der Waals surface area contributed by atoms with Crippen molar-refractivity contribution in [1.29, 1.82) is 0 Å². The molecule has 0 amide bonds. The summed E-state index contributed by atoms with van der Waals surface area (Å²) in [6.45, 7) is 1.71. The van der Waals surface area contributed by atoms with Gasteiger partial charge in [0.15, 0.2) is 5.82 Å². The van der Waals surface area contributed by atoms with E-state index in [1.165, 1.54) is 0 Å². The molecule has 1 unspecified atom stereocenters. The first-order valence-corrected chi connectivity index (χ1v) is 5.34. The summed E-state index contributed by atoms with van der Waals surface area (Å²) in [5.41, 5.74) is 6.75. The molecule has 1 aromatic carbocycles. The molecule has 0 fully saturated rings. The van der Waals surface area contributed by atoms with Gasteiger partial charge in [-0.25, -0.2) is 0 Å². The Balaban J connectivity index is 2.33. The van der Waals surface area contributed by atoms with Crippen LogP contribution in [0, 0.1) is 6.92 Å². The van der Waals surface area contributed by atoms with Crippen LogP contribution in [0.4, 0.5) is 0 Å². The fourth-order valence-corrected chi connectivity index (χ4v) is 1.60. The van der Waals surface area contributed by atoms with E-state index in [0.29, 0.717) is 21.8 Å². The minimum atomic E-state index is -0.466. The highest BCUT2D eigenvalue weighted by Crippen LogP contribution is 2.26. The van der Waals surface area contributed by atoms with Crippen LogP contribution in [-0.2, 0) is 0 Å². The molecule has 0 spiro atoms. The maximum atomic E-state index is 5.96. The van der Waals surface area contributed by atoms with Crippen molar-refractivity contribution in [3.63, 3.8) is 0 Å². The zero-order valence-corrected chi connectivity index (χ0v) is 9.96. The van der Waals surface area contributed by atoms with Crippen LogP contribution in [0.2, 0.25) is 10.0 Å². The molecule has 0 saturated carbocycles. The number of nitrogens with two attached hydrogens (primary N) is 1. The van der Waals surface area contributed by atoms with Gasteiger partial charge in [0.2, 0.25) is 5.89 Å². The van der Waals surface area contributed by atoms with Crippen LogP contribution >= 0.6 is 23.2 Å². The summed E-state index contributed by atoms with van der Waals surface area (Å²) >= 11 is 11.7. The molecule has 1 aromatic heterocycles. The summed E-state index contributed by atoms with van der Waals surface area (Å²) in [5.74, 6) is 0.904. The zero-order valence-electron chi connectivity index (χ0n) is 8.45. The van der Waals surface area contributed by atoms with Crippen molar-refractivity contribution in [2.45, 2.75) is 13.0 Å². The Labute approximate surface area is 102 Å². The quantitative estimate of drug-likeness (QED) is 0.899. The van der Waals surface area contributed by atoms with Gasteiger partial charge in [-0.3, -0.25) is 0 Å². The number of aromatic nitrogens is 2. The van der Waals surface area contributed by atoms with E-state index in [1.807, 2.05) is 0 Å². The Kier molecular flexibility index (Phi) is 3.14. The van der Waals surface area contributed by atoms with Crippen LogP contribution in [0.5, 0.6) is 0 Å². The standard InChI is InChI=1S/C10H9Cl2N3O/c1-5-14-10(15-16-5)9(13)6-2-3-7(11)8(12)4-6/h2-4,9H,13H2,1H3. The Morgan fingerprint density at radius 3 is 2.62 bits per heavy atom. The maximum absolute atomic E-state index is 5.96. The molecule has 4 nitrogen and oxygen atoms in total. The molecule has 2 N–H and O–H groups in total. The molecule has 0 aliphatic heterocycles. The van der Waals surface area contributed by atoms with Gasteiger partial charge < -0.3 is 10.3 Å². The second kappa shape index (κ2) is 4.41. The van der Waals surface area contributed by atoms with E-state index in [0.717, 1.165) is 5.56 Å². The molecule has 1 atom stereocenters. The van der Waals surface area contributed by atoms with Gasteiger partial charge in [-0.15, -0.1) is 0 Å². The number of benzene rings is 1. The van der Waals surface area contributed by atoms with Crippen LogP contribution in [0.25, 0.3) is 0 Å². The monoisotopic (exact) mass is 257 g/mol. The lowest BCUT2D eigenvalue weighted by molar-refractivity contribution is 0.385. The molecule has 2 aromatic rings. The van der Waals surface area contributed by atoms with Gasteiger partial charge in [0.05, 0.1) is 16.1 Å². The minimum Gasteiger partial charge on any atom is -0.340 e. The van der Waals surface area contributed by atoms with Gasteiger partial charge in [-0.05, 0) is 17.7 Å². The Bertz CT molecular complexity index is 513. The van der Waals surface area contributed by atoms with E-state index in [1.54, 1.807) is 25.1 Å². The third-order valence-corrected chi connectivity index (χ3v) is 2.86. The Morgan fingerprint density at radius 1 is 1.31 bits per heavy atom. The minimum absolute atomic E-state index is 0.427. The van der Waals surface area contributed by atoms with Crippen molar-refractivity contribution in [3.8, 4) is 0 Å². The molecule has 84 valence electrons. The average Bonchev–Trinajstić information content (AvgIpc) is 2.68. The van der Waals surface area contributed by atoms with E-state index in [9.17, 15) is 0 Å². The lowest BCUT2D eigenvalue weighted by atomic mass is 10.1. The average molecular weight is 258 g/mol. The second-order valence-electron chi connectivity index (χ2n) is 3.32. The number of hydrogen-bond donors (Lipinski definition) is 1. The van der Waals surface area contributed by atoms with Gasteiger partial charge in [-0.1, -0.05) is 34.4 Å². The molecule has 2 rings (SSSR count). The predicted octanol–water partition coefficient (Wildman–Crippen LogP) is 2.73. The first-order valence-electron chi connectivity index (χ1n) is 4.58. The van der Waals surface area contributed by atoms with E-state index in [-0.39, 0.29) is 0 Å². The summed E-state index contributed by atoms with van der Waals surface area (Å²) in [7, 11) is 0. The third-order valence-electron chi connectivity index (χ3n) is 2.12. The number of halogens is 2. The Hall–Kier alpha value is -1.10. The van der Waals surface area contributed by atoms with Gasteiger partial charge in [0.1, 0.15) is 0 Å². The lowest BCUT2D eigenvalue weighted by Crippen LogP contribution is -2.13. The van der Waals surface area contributed by atoms with Crippen LogP contribution in [0.15, 0.2) is 22.7 Å². The van der Waals surface area contributed by atoms with Crippen LogP contribution in [0.3, 0.4) is 0 Å². The van der Waals surface area contributed by atoms with E-state index >= 15 is 0 Å². The molecule has 1 heterocycles. The highest BCUT2D eigenvalue weighted by Gasteiger charge is 2.15. The fraction of sp³-hybridized carbons (Fsp3) is 0.200. The van der Waals surface area contributed by atoms with Crippen molar-refractivity contribution in [2.24, 2.45) is 5.73 Å². The molecule has 0 aliphatic carbocycles. The third kappa shape index (κ3) is 2.19. The van der Waals surface area contributed by atoms with E-state index in [4.69, 9.17) is 33.5 Å². The van der Waals surface area contributed by atoms with Crippen molar-refractivity contribution in [2.75, 3.05) is 0 Å². The summed E-state index contributed by atoms with van der Waals surface area (Å²) in [4.78, 5) is 4.06. The first kappa shape index (κ1) is 11.4. The van der Waals surface area contributed by atoms with E-state index in [2.05, 4.69) is 10.1 Å². The number of aryl methyl sites for hydroxylation is 1. The molecule has 16 heavy (non-hydrogen) atoms. The number of rotatable bonds is 2. The zero-order chi connectivity index (χ0) is 11.7. The van der Waals surface area contributed by atoms with Crippen LogP contribution in [0.1, 0.15) is 23.3 Å². The molecule has 6 heteroatoms. The largest absolute Gasteiger partial charge is 0.340 e. The lowest BCUT2D eigenvalue weighted by Gasteiger charge is -2.08. The van der Waals surface area contributed by atoms with Crippen molar-refractivity contribution in [3.05, 3.63) is 45.5 Å². The first-order chi connectivity index (χ1) is 7.58. The highest BCUT2D eigenvalue weighted by atomic mass is 35.5. The topological polar surface area (TPSA) is 64.9 Å². The Morgan fingerprint density at radius 2 is 2.06 bits per heavy atom. The SMILES string of the molecule is Cc1nc(C(N)c2ccc(Cl)c(Cl)c2)no1. The molecule has 0 saturated heterocycles. The summed E-state index contributed by atoms with van der Waals surface area (Å²) in [6.07, 6.45) is 0. The predicted molar refractivity (Wildman–Crippen MR) is 61.5 cm³/mol. The van der Waals surface area contributed by atoms with Gasteiger partial charge in [0.25, 0.3) is 0 Å². The van der Waals surface area contributed by atoms with Crippen molar-refractivity contribution < 1.29 is 4.52 Å². The van der Waals surface area contributed by atoms with Gasteiger partial charge >= 0.3 is 0 Å². The number of nitrogens with zero attached hydrogens (tertiary/aromatic N) is 2. The highest BCUT2D eigenvalue weighted by molar-refractivity contribution is 6.42. The van der Waals surface area contributed by atoms with Crippen molar-refractivity contribution >= 4 is 23.2 Å².